The molecule has 276 valence electrons. The van der Waals surface area contributed by atoms with Gasteiger partial charge in [-0.1, -0.05) is 133 Å². The van der Waals surface area contributed by atoms with E-state index in [4.69, 9.17) is 9.72 Å². The van der Waals surface area contributed by atoms with Gasteiger partial charge in [0.05, 0.1) is 7.11 Å². The predicted molar refractivity (Wildman–Crippen MR) is 220 cm³/mol. The maximum absolute atomic E-state index is 5.30. The minimum absolute atomic E-state index is 0.514. The number of pyridine rings is 1. The minimum atomic E-state index is 0.514. The SMILES string of the molecule is COc1cccc(Nc2nc(Cc3ccccc3)nc(Cc3ccccc3)n2)c1.c1ccc(Cc2nc(Cc3ccccc3)nc(Nc3ccccn3)n2)cc1. The Morgan fingerprint density at radius 3 is 1.21 bits per heavy atom. The molecule has 0 atom stereocenters. The van der Waals surface area contributed by atoms with Crippen LogP contribution in [0, 0.1) is 0 Å². The van der Waals surface area contributed by atoms with Gasteiger partial charge in [0.2, 0.25) is 11.9 Å². The molecular weight excluding hydrogens is 695 g/mol. The zero-order valence-corrected chi connectivity index (χ0v) is 31.0. The van der Waals surface area contributed by atoms with Crippen LogP contribution in [0.4, 0.5) is 23.4 Å². The number of ether oxygens (including phenoxy) is 1. The Kier molecular flexibility index (Phi) is 12.6. The van der Waals surface area contributed by atoms with Gasteiger partial charge in [0.25, 0.3) is 0 Å². The summed E-state index contributed by atoms with van der Waals surface area (Å²) in [6, 6.07) is 54.2. The number of hydrogen-bond donors (Lipinski definition) is 2. The highest BCUT2D eigenvalue weighted by Gasteiger charge is 2.11. The number of rotatable bonds is 13. The highest BCUT2D eigenvalue weighted by Crippen LogP contribution is 2.21. The number of hydrogen-bond acceptors (Lipinski definition) is 10. The monoisotopic (exact) mass is 735 g/mol. The van der Waals surface area contributed by atoms with Crippen molar-refractivity contribution in [3.8, 4) is 5.75 Å². The number of nitrogens with one attached hydrogen (secondary N) is 2. The van der Waals surface area contributed by atoms with Gasteiger partial charge < -0.3 is 15.4 Å². The quantitative estimate of drug-likeness (QED) is 0.119. The number of methoxy groups -OCH3 is 1. The van der Waals surface area contributed by atoms with Gasteiger partial charge in [-0.3, -0.25) is 0 Å². The topological polar surface area (TPSA) is 124 Å². The first-order chi connectivity index (χ1) is 27.6. The molecule has 5 aromatic carbocycles. The Hall–Kier alpha value is -7.33. The summed E-state index contributed by atoms with van der Waals surface area (Å²) >= 11 is 0. The molecule has 0 bridgehead atoms. The lowest BCUT2D eigenvalue weighted by atomic mass is 10.1. The second-order valence-electron chi connectivity index (χ2n) is 12.8. The van der Waals surface area contributed by atoms with Crippen molar-refractivity contribution in [1.82, 2.24) is 34.9 Å². The van der Waals surface area contributed by atoms with Crippen molar-refractivity contribution in [3.05, 3.63) is 216 Å². The van der Waals surface area contributed by atoms with Crippen LogP contribution in [0.2, 0.25) is 0 Å². The van der Waals surface area contributed by atoms with Crippen LogP contribution >= 0.6 is 0 Å². The molecule has 0 aliphatic rings. The average molecular weight is 736 g/mol. The van der Waals surface area contributed by atoms with E-state index in [2.05, 4.69) is 89.1 Å². The molecule has 0 spiro atoms. The van der Waals surface area contributed by atoms with E-state index < -0.39 is 0 Å². The third kappa shape index (κ3) is 11.3. The summed E-state index contributed by atoms with van der Waals surface area (Å²) < 4.78 is 5.30. The molecule has 0 fully saturated rings. The fourth-order valence-electron chi connectivity index (χ4n) is 5.86. The number of aromatic nitrogens is 7. The third-order valence-corrected chi connectivity index (χ3v) is 8.51. The summed E-state index contributed by atoms with van der Waals surface area (Å²) in [5.74, 6) is 5.48. The second kappa shape index (κ2) is 19.1. The highest BCUT2D eigenvalue weighted by molar-refractivity contribution is 5.56. The number of benzene rings is 5. The molecule has 8 rings (SSSR count). The molecule has 0 amide bonds. The van der Waals surface area contributed by atoms with Crippen LogP contribution in [0.15, 0.2) is 170 Å². The zero-order valence-electron chi connectivity index (χ0n) is 31.0. The molecule has 0 saturated heterocycles. The van der Waals surface area contributed by atoms with Gasteiger partial charge in [-0.25, -0.2) is 15.0 Å². The molecule has 0 radical (unpaired) electrons. The maximum Gasteiger partial charge on any atom is 0.231 e. The lowest BCUT2D eigenvalue weighted by Crippen LogP contribution is -2.09. The summed E-state index contributed by atoms with van der Waals surface area (Å²) in [6.45, 7) is 0. The molecule has 2 N–H and O–H groups in total. The first kappa shape index (κ1) is 37.0. The van der Waals surface area contributed by atoms with Crippen molar-refractivity contribution < 1.29 is 4.74 Å². The smallest absolute Gasteiger partial charge is 0.231 e. The van der Waals surface area contributed by atoms with Crippen molar-refractivity contribution in [3.63, 3.8) is 0 Å². The van der Waals surface area contributed by atoms with E-state index >= 15 is 0 Å². The summed E-state index contributed by atoms with van der Waals surface area (Å²) in [4.78, 5) is 32.2. The molecule has 3 heterocycles. The fraction of sp³-hybridized carbons (Fsp3) is 0.109. The van der Waals surface area contributed by atoms with Crippen LogP contribution in [0.5, 0.6) is 5.75 Å². The van der Waals surface area contributed by atoms with Gasteiger partial charge in [-0.05, 0) is 46.5 Å². The van der Waals surface area contributed by atoms with E-state index in [-0.39, 0.29) is 0 Å². The van der Waals surface area contributed by atoms with Crippen LogP contribution in [0.25, 0.3) is 0 Å². The maximum atomic E-state index is 5.30. The Labute approximate surface area is 326 Å². The average Bonchev–Trinajstić information content (AvgIpc) is 3.23. The van der Waals surface area contributed by atoms with E-state index in [1.165, 1.54) is 0 Å². The van der Waals surface area contributed by atoms with Gasteiger partial charge >= 0.3 is 0 Å². The molecule has 10 heteroatoms. The predicted octanol–water partition coefficient (Wildman–Crippen LogP) is 9.00. The van der Waals surface area contributed by atoms with E-state index in [0.29, 0.717) is 43.4 Å². The van der Waals surface area contributed by atoms with Crippen LogP contribution < -0.4 is 15.4 Å². The van der Waals surface area contributed by atoms with E-state index in [0.717, 1.165) is 57.0 Å². The van der Waals surface area contributed by atoms with Gasteiger partial charge in [-0.15, -0.1) is 0 Å². The molecular formula is C46H41N9O. The molecule has 0 aliphatic carbocycles. The Morgan fingerprint density at radius 2 is 0.821 bits per heavy atom. The van der Waals surface area contributed by atoms with Gasteiger partial charge in [-0.2, -0.15) is 19.9 Å². The van der Waals surface area contributed by atoms with Crippen LogP contribution in [0.1, 0.15) is 45.6 Å². The largest absolute Gasteiger partial charge is 0.497 e. The van der Waals surface area contributed by atoms with E-state index in [9.17, 15) is 0 Å². The minimum Gasteiger partial charge on any atom is -0.497 e. The molecule has 0 unspecified atom stereocenters. The van der Waals surface area contributed by atoms with Crippen LogP contribution in [-0.2, 0) is 25.7 Å². The second-order valence-corrected chi connectivity index (χ2v) is 12.8. The van der Waals surface area contributed by atoms with Crippen molar-refractivity contribution in [2.75, 3.05) is 17.7 Å². The highest BCUT2D eigenvalue weighted by atomic mass is 16.5. The Bertz CT molecular complexity index is 2200. The summed E-state index contributed by atoms with van der Waals surface area (Å²) in [7, 11) is 1.65. The Morgan fingerprint density at radius 1 is 0.411 bits per heavy atom. The summed E-state index contributed by atoms with van der Waals surface area (Å²) in [5, 5.41) is 6.47. The van der Waals surface area contributed by atoms with Crippen LogP contribution in [0.3, 0.4) is 0 Å². The molecule has 8 aromatic rings. The lowest BCUT2D eigenvalue weighted by Gasteiger charge is -2.10. The molecule has 3 aromatic heterocycles. The van der Waals surface area contributed by atoms with Crippen molar-refractivity contribution in [2.24, 2.45) is 0 Å². The van der Waals surface area contributed by atoms with Crippen molar-refractivity contribution in [2.45, 2.75) is 25.7 Å². The van der Waals surface area contributed by atoms with Gasteiger partial charge in [0.1, 0.15) is 34.9 Å². The summed E-state index contributed by atoms with van der Waals surface area (Å²) in [5.41, 5.74) is 5.52. The lowest BCUT2D eigenvalue weighted by molar-refractivity contribution is 0.415. The van der Waals surface area contributed by atoms with Crippen molar-refractivity contribution in [1.29, 1.82) is 0 Å². The zero-order chi connectivity index (χ0) is 38.2. The third-order valence-electron chi connectivity index (χ3n) is 8.51. The van der Waals surface area contributed by atoms with Crippen molar-refractivity contribution >= 4 is 23.4 Å². The number of nitrogens with zero attached hydrogens (tertiary/aromatic N) is 7. The normalized spacial score (nSPS) is 10.5. The standard InChI is InChI=1S/C24H22N4O.C22H19N5/c1-29-21-14-8-13-20(17-21)25-24-27-22(15-18-9-4-2-5-10-18)26-23(28-24)16-19-11-6-3-7-12-19;1-3-9-17(10-4-1)15-20-24-21(16-18-11-5-2-6-12-18)27-22(26-20)25-19-13-7-8-14-23-19/h2-14,17H,15-16H2,1H3,(H,25,26,27,28);1-14H,15-16H2,(H,23,24,25,26,27). The first-order valence-corrected chi connectivity index (χ1v) is 18.4. The summed E-state index contributed by atoms with van der Waals surface area (Å²) in [6.07, 6.45) is 4.35. The van der Waals surface area contributed by atoms with E-state index in [1.54, 1.807) is 13.3 Å². The van der Waals surface area contributed by atoms with E-state index in [1.807, 2.05) is 115 Å². The number of anilines is 4. The fourth-order valence-corrected chi connectivity index (χ4v) is 5.86. The first-order valence-electron chi connectivity index (χ1n) is 18.4. The molecule has 56 heavy (non-hydrogen) atoms. The van der Waals surface area contributed by atoms with Gasteiger partial charge in [0, 0.05) is 43.6 Å². The molecule has 10 nitrogen and oxygen atoms in total. The Balaban J connectivity index is 0.000000172. The molecule has 0 saturated carbocycles. The van der Waals surface area contributed by atoms with Gasteiger partial charge in [0.15, 0.2) is 0 Å². The molecule has 0 aliphatic heterocycles. The van der Waals surface area contributed by atoms with Crippen LogP contribution in [-0.4, -0.2) is 42.0 Å².